The maximum atomic E-state index is 15.7. The van der Waals surface area contributed by atoms with Crippen molar-refractivity contribution in [3.63, 3.8) is 0 Å². The van der Waals surface area contributed by atoms with Gasteiger partial charge in [0, 0.05) is 54.5 Å². The highest BCUT2D eigenvalue weighted by Gasteiger charge is 2.43. The molecule has 2 atom stereocenters. The van der Waals surface area contributed by atoms with Crippen LogP contribution in [0.5, 0.6) is 11.5 Å². The fraction of sp³-hybridized carbons (Fsp3) is 0.500. The van der Waals surface area contributed by atoms with Crippen LogP contribution in [0.25, 0.3) is 5.57 Å². The number of fused-ring (bicyclic) bond motifs is 4. The number of hydroxylamine groups is 2. The molecule has 18 nitrogen and oxygen atoms in total. The number of rotatable bonds is 16. The number of nitrogens with zero attached hydrogens (tertiary/aromatic N) is 3. The standard InChI is InChI=1S/C46H55N3O15S3/c1-26-23-45(3,4)25-34-30(26)21-32-38(28-13-9-10-14-29(28)44(53)54)33-22-31-27(2)24-46(5,6)47-39(31)43(67(60,61)62)41(33)63-40(32)42(34)66(58,59)48(19-12-20-65(55,56)57)18-11-7-8-15-37(52)64-49-35(50)16-17-36(49)51/h9-10,13-14,21-22,26-27H,7-8,11-12,15-20,23-25H2,1-6H3,(H,53,54)(H,55,56,57)(H,60,61,62)/p-2. The summed E-state index contributed by atoms with van der Waals surface area (Å²) in [5.41, 5.74) is 0.0325. The van der Waals surface area contributed by atoms with Gasteiger partial charge in [0.1, 0.15) is 19.9 Å². The molecule has 0 spiro atoms. The molecule has 362 valence electrons. The van der Waals surface area contributed by atoms with Gasteiger partial charge in [-0.1, -0.05) is 52.3 Å². The van der Waals surface area contributed by atoms with Crippen molar-refractivity contribution in [2.45, 2.75) is 133 Å². The van der Waals surface area contributed by atoms with Gasteiger partial charge in [0.05, 0.1) is 26.6 Å². The first kappa shape index (κ1) is 49.8. The number of carbonyl (C=O) groups is 4. The van der Waals surface area contributed by atoms with Crippen LogP contribution in [0.3, 0.4) is 0 Å². The molecule has 21 heteroatoms. The Labute approximate surface area is 389 Å². The molecule has 67 heavy (non-hydrogen) atoms. The number of imide groups is 1. The molecule has 1 saturated heterocycles. The topological polar surface area (TPSA) is 274 Å². The van der Waals surface area contributed by atoms with Gasteiger partial charge in [-0.25, -0.2) is 34.8 Å². The van der Waals surface area contributed by atoms with Gasteiger partial charge in [-0.15, -0.1) is 5.06 Å². The van der Waals surface area contributed by atoms with E-state index in [1.54, 1.807) is 32.0 Å². The lowest BCUT2D eigenvalue weighted by atomic mass is 9.69. The Morgan fingerprint density at radius 1 is 0.851 bits per heavy atom. The van der Waals surface area contributed by atoms with Crippen molar-refractivity contribution in [1.82, 2.24) is 9.37 Å². The average Bonchev–Trinajstić information content (AvgIpc) is 3.51. The summed E-state index contributed by atoms with van der Waals surface area (Å²) < 4.78 is 115. The highest BCUT2D eigenvalue weighted by molar-refractivity contribution is 7.89. The molecule has 4 aliphatic rings. The number of benzene rings is 3. The summed E-state index contributed by atoms with van der Waals surface area (Å²) in [6.45, 7) is 10.5. The van der Waals surface area contributed by atoms with E-state index in [9.17, 15) is 50.2 Å². The SMILES string of the molecule is CC1CC(C)(C)Cc2c1cc1c(c2S(=O)(=O)N(CCCCCC(=O)ON2C(=O)CCC2=O)CCCS(=O)(=O)[O-])Oc2c(S(=O)(=O)[O-])c3c(cc2=C1c1ccccc1C(=O)O)C(C)CC(C)(C)N=3. The third kappa shape index (κ3) is 10.2. The summed E-state index contributed by atoms with van der Waals surface area (Å²) in [7, 11) is -15.2. The van der Waals surface area contributed by atoms with Crippen LogP contribution in [0.2, 0.25) is 0 Å². The second-order valence-electron chi connectivity index (χ2n) is 19.3. The minimum atomic E-state index is -5.48. The third-order valence-electron chi connectivity index (χ3n) is 12.7. The van der Waals surface area contributed by atoms with Gasteiger partial charge < -0.3 is 23.8 Å². The van der Waals surface area contributed by atoms with E-state index in [2.05, 4.69) is 0 Å². The van der Waals surface area contributed by atoms with Crippen molar-refractivity contribution >= 4 is 59.6 Å². The Bertz CT molecular complexity index is 3060. The van der Waals surface area contributed by atoms with E-state index in [1.165, 1.54) is 18.2 Å². The van der Waals surface area contributed by atoms with E-state index >= 15 is 8.42 Å². The van der Waals surface area contributed by atoms with E-state index in [1.807, 2.05) is 27.7 Å². The molecule has 2 amide bonds. The normalized spacial score (nSPS) is 19.8. The van der Waals surface area contributed by atoms with Crippen molar-refractivity contribution in [2.75, 3.05) is 18.8 Å². The molecule has 0 bridgehead atoms. The molecule has 2 unspecified atom stereocenters. The smallest absolute Gasteiger partial charge is 0.336 e. The number of carboxylic acid groups (broad SMARTS) is 1. The molecular weight excluding hydrogens is 931 g/mol. The number of unbranched alkanes of at least 4 members (excludes halogenated alkanes) is 2. The van der Waals surface area contributed by atoms with Crippen LogP contribution in [0.4, 0.5) is 0 Å². The zero-order valence-corrected chi connectivity index (χ0v) is 40.5. The van der Waals surface area contributed by atoms with Crippen LogP contribution in [0.15, 0.2) is 51.2 Å². The van der Waals surface area contributed by atoms with Crippen LogP contribution in [0.1, 0.15) is 149 Å². The quantitative estimate of drug-likeness (QED) is 0.0904. The van der Waals surface area contributed by atoms with E-state index in [-0.39, 0.29) is 102 Å². The molecule has 1 aliphatic carbocycles. The summed E-state index contributed by atoms with van der Waals surface area (Å²) in [4.78, 5) is 57.8. The van der Waals surface area contributed by atoms with Crippen molar-refractivity contribution in [3.8, 4) is 11.5 Å². The van der Waals surface area contributed by atoms with Crippen LogP contribution in [0, 0.1) is 5.41 Å². The van der Waals surface area contributed by atoms with Crippen LogP contribution < -0.4 is 15.3 Å². The van der Waals surface area contributed by atoms with Gasteiger partial charge in [-0.3, -0.25) is 14.6 Å². The highest BCUT2D eigenvalue weighted by Crippen LogP contribution is 2.52. The zero-order valence-electron chi connectivity index (χ0n) is 38.0. The van der Waals surface area contributed by atoms with Crippen LogP contribution in [-0.2, 0) is 55.9 Å². The lowest BCUT2D eigenvalue weighted by Crippen LogP contribution is -2.39. The molecule has 0 radical (unpaired) electrons. The minimum absolute atomic E-state index is 0.0396. The predicted molar refractivity (Wildman–Crippen MR) is 238 cm³/mol. The molecule has 3 heterocycles. The fourth-order valence-corrected chi connectivity index (χ4v) is 13.2. The number of carbonyl (C=O) groups excluding carboxylic acids is 3. The lowest BCUT2D eigenvalue weighted by Gasteiger charge is -2.39. The number of hydrogen-bond acceptors (Lipinski definition) is 15. The Morgan fingerprint density at radius 2 is 1.49 bits per heavy atom. The molecule has 3 aliphatic heterocycles. The fourth-order valence-electron chi connectivity index (χ4n) is 10.1. The van der Waals surface area contributed by atoms with Crippen molar-refractivity contribution in [1.29, 1.82) is 0 Å². The Morgan fingerprint density at radius 3 is 2.13 bits per heavy atom. The largest absolute Gasteiger partial charge is 0.748 e. The number of aromatic carboxylic acids is 1. The van der Waals surface area contributed by atoms with E-state index in [0.717, 1.165) is 4.31 Å². The zero-order chi connectivity index (χ0) is 49.2. The van der Waals surface area contributed by atoms with E-state index in [4.69, 9.17) is 14.6 Å². The molecule has 1 N–H and O–H groups in total. The number of ether oxygens (including phenoxy) is 1. The first-order valence-electron chi connectivity index (χ1n) is 22.1. The van der Waals surface area contributed by atoms with Gasteiger partial charge in [0.2, 0.25) is 10.0 Å². The predicted octanol–water partition coefficient (Wildman–Crippen LogP) is 4.72. The van der Waals surface area contributed by atoms with Crippen molar-refractivity contribution in [3.05, 3.63) is 80.4 Å². The van der Waals surface area contributed by atoms with E-state index in [0.29, 0.717) is 34.6 Å². The molecule has 0 aromatic heterocycles. The first-order valence-corrected chi connectivity index (χ1v) is 26.5. The van der Waals surface area contributed by atoms with Gasteiger partial charge in [0.25, 0.3) is 11.8 Å². The van der Waals surface area contributed by atoms with Gasteiger partial charge in [-0.05, 0) is 110 Å². The summed E-state index contributed by atoms with van der Waals surface area (Å²) >= 11 is 0. The average molecular weight is 984 g/mol. The van der Waals surface area contributed by atoms with Crippen LogP contribution >= 0.6 is 0 Å². The monoisotopic (exact) mass is 983 g/mol. The van der Waals surface area contributed by atoms with Gasteiger partial charge in [-0.2, -0.15) is 4.31 Å². The van der Waals surface area contributed by atoms with Gasteiger partial charge >= 0.3 is 11.9 Å². The maximum absolute atomic E-state index is 15.7. The van der Waals surface area contributed by atoms with Crippen molar-refractivity contribution < 1.29 is 68.2 Å². The molecule has 3 aromatic carbocycles. The number of sulfonamides is 1. The van der Waals surface area contributed by atoms with Crippen LogP contribution in [-0.4, -0.2) is 97.0 Å². The second-order valence-corrected chi connectivity index (χ2v) is 24.0. The highest BCUT2D eigenvalue weighted by atomic mass is 32.2. The minimum Gasteiger partial charge on any atom is -0.748 e. The summed E-state index contributed by atoms with van der Waals surface area (Å²) in [6, 6.07) is 9.30. The number of carboxylic acids is 1. The summed E-state index contributed by atoms with van der Waals surface area (Å²) in [5.74, 6) is -5.94. The number of hydrogen-bond donors (Lipinski definition) is 1. The second kappa shape index (κ2) is 18.1. The maximum Gasteiger partial charge on any atom is 0.336 e. The first-order chi connectivity index (χ1) is 31.1. The Balaban J connectivity index is 1.45. The molecule has 1 fully saturated rings. The molecule has 0 saturated carbocycles. The number of amides is 2. The third-order valence-corrected chi connectivity index (χ3v) is 16.4. The molecular formula is C46H53N3O15S3-2. The molecule has 3 aromatic rings. The lowest BCUT2D eigenvalue weighted by molar-refractivity contribution is -0.197. The summed E-state index contributed by atoms with van der Waals surface area (Å²) in [5, 5.41) is 10.9. The Hall–Kier alpha value is -5.06. The Kier molecular flexibility index (Phi) is 13.5. The van der Waals surface area contributed by atoms with E-state index < -0.39 is 99.2 Å². The summed E-state index contributed by atoms with van der Waals surface area (Å²) in [6.07, 6.45) is 0.842. The molecule has 7 rings (SSSR count). The van der Waals surface area contributed by atoms with Crippen molar-refractivity contribution in [2.24, 2.45) is 10.4 Å². The van der Waals surface area contributed by atoms with Gasteiger partial charge in [0.15, 0.2) is 11.5 Å².